The van der Waals surface area contributed by atoms with Crippen LogP contribution in [0, 0.1) is 10.1 Å². The molecule has 2 rings (SSSR count). The van der Waals surface area contributed by atoms with Crippen LogP contribution in [0.4, 0.5) is 5.69 Å². The number of nitro groups is 1. The van der Waals surface area contributed by atoms with Crippen molar-refractivity contribution in [2.75, 3.05) is 7.11 Å². The molecule has 0 atom stereocenters. The summed E-state index contributed by atoms with van der Waals surface area (Å²) in [6.45, 7) is 0. The molecule has 0 amide bonds. The highest BCUT2D eigenvalue weighted by molar-refractivity contribution is 6.30. The molecule has 0 saturated carbocycles. The number of halogens is 1. The molecular formula is C13H10ClNO4. The van der Waals surface area contributed by atoms with E-state index in [9.17, 15) is 10.1 Å². The number of hydrogen-bond donors (Lipinski definition) is 0. The Morgan fingerprint density at radius 3 is 2.32 bits per heavy atom. The van der Waals surface area contributed by atoms with E-state index < -0.39 is 4.92 Å². The van der Waals surface area contributed by atoms with Gasteiger partial charge in [-0.2, -0.15) is 0 Å². The predicted molar refractivity (Wildman–Crippen MR) is 71.2 cm³/mol. The fourth-order valence-electron chi connectivity index (χ4n) is 1.49. The number of ether oxygens (including phenoxy) is 2. The number of rotatable bonds is 4. The number of benzene rings is 2. The summed E-state index contributed by atoms with van der Waals surface area (Å²) in [6, 6.07) is 10.9. The SMILES string of the molecule is COc1ccc(Oc2cc(Cl)ccc2[N+](=O)[O-])cc1. The highest BCUT2D eigenvalue weighted by Crippen LogP contribution is 2.34. The highest BCUT2D eigenvalue weighted by Gasteiger charge is 2.16. The summed E-state index contributed by atoms with van der Waals surface area (Å²) in [4.78, 5) is 10.4. The molecule has 0 heterocycles. The second kappa shape index (κ2) is 5.58. The molecule has 0 radical (unpaired) electrons. The zero-order valence-electron chi connectivity index (χ0n) is 10.00. The van der Waals surface area contributed by atoms with Crippen LogP contribution in [0.2, 0.25) is 5.02 Å². The lowest BCUT2D eigenvalue weighted by atomic mass is 10.3. The molecule has 0 N–H and O–H groups in total. The van der Waals surface area contributed by atoms with Gasteiger partial charge in [0.15, 0.2) is 0 Å². The average molecular weight is 280 g/mol. The van der Waals surface area contributed by atoms with Crippen LogP contribution in [0.1, 0.15) is 0 Å². The van der Waals surface area contributed by atoms with E-state index in [1.54, 1.807) is 31.4 Å². The van der Waals surface area contributed by atoms with Crippen molar-refractivity contribution in [3.63, 3.8) is 0 Å². The van der Waals surface area contributed by atoms with Gasteiger partial charge in [-0.15, -0.1) is 0 Å². The van der Waals surface area contributed by atoms with Gasteiger partial charge in [-0.1, -0.05) is 11.6 Å². The van der Waals surface area contributed by atoms with Gasteiger partial charge < -0.3 is 9.47 Å². The van der Waals surface area contributed by atoms with Crippen LogP contribution in [0.3, 0.4) is 0 Å². The van der Waals surface area contributed by atoms with Crippen molar-refractivity contribution in [3.05, 3.63) is 57.6 Å². The average Bonchev–Trinajstić information content (AvgIpc) is 2.39. The Morgan fingerprint density at radius 2 is 1.74 bits per heavy atom. The van der Waals surface area contributed by atoms with E-state index in [-0.39, 0.29) is 11.4 Å². The molecule has 2 aromatic carbocycles. The zero-order chi connectivity index (χ0) is 13.8. The zero-order valence-corrected chi connectivity index (χ0v) is 10.8. The minimum Gasteiger partial charge on any atom is -0.497 e. The Kier molecular flexibility index (Phi) is 3.87. The summed E-state index contributed by atoms with van der Waals surface area (Å²) >= 11 is 5.81. The van der Waals surface area contributed by atoms with E-state index >= 15 is 0 Å². The maximum absolute atomic E-state index is 10.9. The summed E-state index contributed by atoms with van der Waals surface area (Å²) in [5.74, 6) is 1.24. The summed E-state index contributed by atoms with van der Waals surface area (Å²) in [7, 11) is 1.55. The van der Waals surface area contributed by atoms with Crippen LogP contribution in [-0.4, -0.2) is 12.0 Å². The first kappa shape index (κ1) is 13.2. The second-order valence-corrected chi connectivity index (χ2v) is 4.08. The molecule has 0 aliphatic carbocycles. The first-order valence-corrected chi connectivity index (χ1v) is 5.74. The Balaban J connectivity index is 2.31. The van der Waals surface area contributed by atoms with Crippen LogP contribution in [0.15, 0.2) is 42.5 Å². The van der Waals surface area contributed by atoms with E-state index in [2.05, 4.69) is 0 Å². The molecule has 0 aliphatic rings. The van der Waals surface area contributed by atoms with Gasteiger partial charge in [0.25, 0.3) is 0 Å². The minimum absolute atomic E-state index is 0.0997. The van der Waals surface area contributed by atoms with Crippen molar-refractivity contribution >= 4 is 17.3 Å². The Bertz CT molecular complexity index is 598. The van der Waals surface area contributed by atoms with Gasteiger partial charge >= 0.3 is 5.69 Å². The summed E-state index contributed by atoms with van der Waals surface area (Å²) in [5.41, 5.74) is -0.139. The van der Waals surface area contributed by atoms with Gasteiger partial charge in [0.1, 0.15) is 11.5 Å². The van der Waals surface area contributed by atoms with Crippen LogP contribution < -0.4 is 9.47 Å². The second-order valence-electron chi connectivity index (χ2n) is 3.65. The third-order valence-corrected chi connectivity index (χ3v) is 2.64. The summed E-state index contributed by atoms with van der Waals surface area (Å²) in [5, 5.41) is 11.3. The standard InChI is InChI=1S/C13H10ClNO4/c1-18-10-3-5-11(6-4-10)19-13-8-9(14)2-7-12(13)15(16)17/h2-8H,1H3. The maximum atomic E-state index is 10.9. The summed E-state index contributed by atoms with van der Waals surface area (Å²) < 4.78 is 10.5. The maximum Gasteiger partial charge on any atom is 0.311 e. The van der Waals surface area contributed by atoms with Crippen LogP contribution in [0.5, 0.6) is 17.2 Å². The van der Waals surface area contributed by atoms with Crippen molar-refractivity contribution in [1.82, 2.24) is 0 Å². The molecule has 5 nitrogen and oxygen atoms in total. The molecule has 6 heteroatoms. The predicted octanol–water partition coefficient (Wildman–Crippen LogP) is 4.05. The molecule has 2 aromatic rings. The van der Waals surface area contributed by atoms with E-state index in [4.69, 9.17) is 21.1 Å². The van der Waals surface area contributed by atoms with E-state index in [0.29, 0.717) is 16.5 Å². The van der Waals surface area contributed by atoms with Crippen molar-refractivity contribution < 1.29 is 14.4 Å². The number of nitrogens with zero attached hydrogens (tertiary/aromatic N) is 1. The molecular weight excluding hydrogens is 270 g/mol. The molecule has 0 saturated heterocycles. The molecule has 19 heavy (non-hydrogen) atoms. The van der Waals surface area contributed by atoms with Gasteiger partial charge in [-0.25, -0.2) is 0 Å². The fraction of sp³-hybridized carbons (Fsp3) is 0.0769. The Morgan fingerprint density at radius 1 is 1.11 bits per heavy atom. The number of methoxy groups -OCH3 is 1. The third kappa shape index (κ3) is 3.14. The molecule has 0 aliphatic heterocycles. The molecule has 0 aromatic heterocycles. The lowest BCUT2D eigenvalue weighted by Crippen LogP contribution is -1.93. The molecule has 98 valence electrons. The first-order valence-electron chi connectivity index (χ1n) is 5.36. The third-order valence-electron chi connectivity index (χ3n) is 2.41. The largest absolute Gasteiger partial charge is 0.497 e. The van der Waals surface area contributed by atoms with E-state index in [0.717, 1.165) is 0 Å². The van der Waals surface area contributed by atoms with Crippen LogP contribution in [-0.2, 0) is 0 Å². The van der Waals surface area contributed by atoms with Crippen molar-refractivity contribution in [3.8, 4) is 17.2 Å². The Hall–Kier alpha value is -2.27. The summed E-state index contributed by atoms with van der Waals surface area (Å²) in [6.07, 6.45) is 0. The van der Waals surface area contributed by atoms with E-state index in [1.165, 1.54) is 18.2 Å². The van der Waals surface area contributed by atoms with Gasteiger partial charge in [0.2, 0.25) is 5.75 Å². The number of nitro benzene ring substituents is 1. The highest BCUT2D eigenvalue weighted by atomic mass is 35.5. The van der Waals surface area contributed by atoms with E-state index in [1.807, 2.05) is 0 Å². The normalized spacial score (nSPS) is 10.0. The van der Waals surface area contributed by atoms with Crippen molar-refractivity contribution in [2.45, 2.75) is 0 Å². The topological polar surface area (TPSA) is 61.6 Å². The fourth-order valence-corrected chi connectivity index (χ4v) is 1.65. The monoisotopic (exact) mass is 279 g/mol. The minimum atomic E-state index is -0.519. The van der Waals surface area contributed by atoms with Gasteiger partial charge in [-0.3, -0.25) is 10.1 Å². The molecule has 0 unspecified atom stereocenters. The number of hydrogen-bond acceptors (Lipinski definition) is 4. The van der Waals surface area contributed by atoms with Gasteiger partial charge in [0, 0.05) is 17.2 Å². The molecule has 0 fully saturated rings. The Labute approximate surface area is 114 Å². The quantitative estimate of drug-likeness (QED) is 0.626. The van der Waals surface area contributed by atoms with Crippen LogP contribution >= 0.6 is 11.6 Å². The van der Waals surface area contributed by atoms with Crippen molar-refractivity contribution in [1.29, 1.82) is 0 Å². The lowest BCUT2D eigenvalue weighted by molar-refractivity contribution is -0.385. The molecule has 0 bridgehead atoms. The lowest BCUT2D eigenvalue weighted by Gasteiger charge is -2.07. The first-order chi connectivity index (χ1) is 9.10. The van der Waals surface area contributed by atoms with Crippen LogP contribution in [0.25, 0.3) is 0 Å². The van der Waals surface area contributed by atoms with Crippen molar-refractivity contribution in [2.24, 2.45) is 0 Å². The van der Waals surface area contributed by atoms with Gasteiger partial charge in [0.05, 0.1) is 12.0 Å². The molecule has 0 spiro atoms. The smallest absolute Gasteiger partial charge is 0.311 e. The van der Waals surface area contributed by atoms with Gasteiger partial charge in [-0.05, 0) is 30.3 Å².